The summed E-state index contributed by atoms with van der Waals surface area (Å²) in [5, 5.41) is 5.58. The van der Waals surface area contributed by atoms with Crippen molar-refractivity contribution in [2.45, 2.75) is 11.8 Å². The van der Waals surface area contributed by atoms with Crippen LogP contribution in [0.5, 0.6) is 0 Å². The van der Waals surface area contributed by atoms with Crippen molar-refractivity contribution in [2.75, 3.05) is 13.1 Å². The molecule has 3 heteroatoms. The SMILES string of the molecule is Brc1ccsc1CC1(c2ccccc2)CNC1. The maximum atomic E-state index is 3.63. The van der Waals surface area contributed by atoms with Crippen LogP contribution in [0.15, 0.2) is 46.3 Å². The molecular weight excluding hydrogens is 294 g/mol. The van der Waals surface area contributed by atoms with Gasteiger partial charge in [0.05, 0.1) is 0 Å². The molecular formula is C14H14BrNS. The number of hydrogen-bond acceptors (Lipinski definition) is 2. The molecule has 1 aromatic heterocycles. The van der Waals surface area contributed by atoms with E-state index in [2.05, 4.69) is 63.0 Å². The summed E-state index contributed by atoms with van der Waals surface area (Å²) in [6, 6.07) is 13.0. The van der Waals surface area contributed by atoms with Gasteiger partial charge in [0.1, 0.15) is 0 Å². The summed E-state index contributed by atoms with van der Waals surface area (Å²) in [5.41, 5.74) is 1.76. The summed E-state index contributed by atoms with van der Waals surface area (Å²) >= 11 is 5.48. The van der Waals surface area contributed by atoms with Gasteiger partial charge in [-0.3, -0.25) is 0 Å². The molecule has 0 unspecified atom stereocenters. The fraction of sp³-hybridized carbons (Fsp3) is 0.286. The van der Waals surface area contributed by atoms with E-state index >= 15 is 0 Å². The fourth-order valence-corrected chi connectivity index (χ4v) is 4.04. The Labute approximate surface area is 114 Å². The van der Waals surface area contributed by atoms with E-state index in [-0.39, 0.29) is 0 Å². The maximum Gasteiger partial charge on any atom is 0.0314 e. The molecule has 2 aromatic rings. The Morgan fingerprint density at radius 2 is 1.94 bits per heavy atom. The van der Waals surface area contributed by atoms with E-state index in [1.807, 2.05) is 11.3 Å². The highest BCUT2D eigenvalue weighted by Gasteiger charge is 2.39. The molecule has 88 valence electrons. The van der Waals surface area contributed by atoms with E-state index in [9.17, 15) is 0 Å². The first kappa shape index (κ1) is 11.5. The minimum absolute atomic E-state index is 0.300. The smallest absolute Gasteiger partial charge is 0.0314 e. The van der Waals surface area contributed by atoms with Crippen LogP contribution in [0.4, 0.5) is 0 Å². The average molecular weight is 308 g/mol. The summed E-state index contributed by atoms with van der Waals surface area (Å²) in [6.07, 6.45) is 1.13. The molecule has 3 rings (SSSR count). The van der Waals surface area contributed by atoms with Crippen molar-refractivity contribution in [3.8, 4) is 0 Å². The number of rotatable bonds is 3. The first-order chi connectivity index (χ1) is 8.30. The minimum Gasteiger partial charge on any atom is -0.315 e. The van der Waals surface area contributed by atoms with Crippen LogP contribution in [0.25, 0.3) is 0 Å². The van der Waals surface area contributed by atoms with Crippen molar-refractivity contribution in [3.05, 3.63) is 56.7 Å². The zero-order valence-corrected chi connectivity index (χ0v) is 11.9. The molecule has 1 N–H and O–H groups in total. The van der Waals surface area contributed by atoms with Crippen molar-refractivity contribution in [1.82, 2.24) is 5.32 Å². The topological polar surface area (TPSA) is 12.0 Å². The van der Waals surface area contributed by atoms with Crippen LogP contribution in [0, 0.1) is 0 Å². The molecule has 1 aliphatic heterocycles. The van der Waals surface area contributed by atoms with Gasteiger partial charge in [-0.25, -0.2) is 0 Å². The molecule has 1 fully saturated rings. The molecule has 1 aliphatic rings. The zero-order chi connectivity index (χ0) is 11.7. The summed E-state index contributed by atoms with van der Waals surface area (Å²) in [7, 11) is 0. The van der Waals surface area contributed by atoms with Gasteiger partial charge in [0.2, 0.25) is 0 Å². The molecule has 1 nitrogen and oxygen atoms in total. The summed E-state index contributed by atoms with van der Waals surface area (Å²) in [4.78, 5) is 1.45. The van der Waals surface area contributed by atoms with Crippen LogP contribution < -0.4 is 5.32 Å². The summed E-state index contributed by atoms with van der Waals surface area (Å²) < 4.78 is 1.25. The fourth-order valence-electron chi connectivity index (χ4n) is 2.41. The standard InChI is InChI=1S/C14H14BrNS/c15-12-6-7-17-13(12)8-14(9-16-10-14)11-4-2-1-3-5-11/h1-7,16H,8-10H2. The highest BCUT2D eigenvalue weighted by molar-refractivity contribution is 9.10. The molecule has 0 saturated carbocycles. The minimum atomic E-state index is 0.300. The predicted octanol–water partition coefficient (Wildman–Crippen LogP) is 3.59. The third kappa shape index (κ3) is 2.07. The monoisotopic (exact) mass is 307 g/mol. The molecule has 0 amide bonds. The second kappa shape index (κ2) is 4.56. The molecule has 0 bridgehead atoms. The van der Waals surface area contributed by atoms with Crippen LogP contribution in [0.2, 0.25) is 0 Å². The van der Waals surface area contributed by atoms with Gasteiger partial charge in [-0.15, -0.1) is 11.3 Å². The Hall–Kier alpha value is -0.640. The van der Waals surface area contributed by atoms with Gasteiger partial charge in [0, 0.05) is 27.9 Å². The van der Waals surface area contributed by atoms with E-state index in [0.29, 0.717) is 5.41 Å². The van der Waals surface area contributed by atoms with Crippen LogP contribution in [-0.2, 0) is 11.8 Å². The normalized spacial score (nSPS) is 17.7. The van der Waals surface area contributed by atoms with Crippen LogP contribution >= 0.6 is 27.3 Å². The highest BCUT2D eigenvalue weighted by Crippen LogP contribution is 2.36. The quantitative estimate of drug-likeness (QED) is 0.913. The Morgan fingerprint density at radius 1 is 1.18 bits per heavy atom. The first-order valence-corrected chi connectivity index (χ1v) is 7.46. The Balaban J connectivity index is 1.91. The van der Waals surface area contributed by atoms with Crippen LogP contribution in [0.3, 0.4) is 0 Å². The van der Waals surface area contributed by atoms with Gasteiger partial charge in [0.25, 0.3) is 0 Å². The van der Waals surface area contributed by atoms with Gasteiger partial charge in [-0.2, -0.15) is 0 Å². The van der Waals surface area contributed by atoms with Crippen molar-refractivity contribution in [2.24, 2.45) is 0 Å². The number of thiophene rings is 1. The Bertz CT molecular complexity index is 502. The largest absolute Gasteiger partial charge is 0.315 e. The van der Waals surface area contributed by atoms with Crippen molar-refractivity contribution < 1.29 is 0 Å². The lowest BCUT2D eigenvalue weighted by molar-refractivity contribution is 0.276. The molecule has 0 atom stereocenters. The average Bonchev–Trinajstić information content (AvgIpc) is 2.70. The van der Waals surface area contributed by atoms with E-state index in [0.717, 1.165) is 19.5 Å². The second-order valence-corrected chi connectivity index (χ2v) is 6.47. The number of halogens is 1. The number of hydrogen-bond donors (Lipinski definition) is 1. The lowest BCUT2D eigenvalue weighted by Gasteiger charge is -2.43. The van der Waals surface area contributed by atoms with Gasteiger partial charge in [-0.1, -0.05) is 30.3 Å². The molecule has 1 saturated heterocycles. The number of benzene rings is 1. The van der Waals surface area contributed by atoms with E-state index in [1.165, 1.54) is 14.9 Å². The Kier molecular flexibility index (Phi) is 3.07. The number of nitrogens with one attached hydrogen (secondary N) is 1. The van der Waals surface area contributed by atoms with Crippen molar-refractivity contribution in [1.29, 1.82) is 0 Å². The first-order valence-electron chi connectivity index (χ1n) is 5.78. The predicted molar refractivity (Wildman–Crippen MR) is 76.7 cm³/mol. The lowest BCUT2D eigenvalue weighted by atomic mass is 9.72. The lowest BCUT2D eigenvalue weighted by Crippen LogP contribution is -2.58. The molecule has 0 spiro atoms. The maximum absolute atomic E-state index is 3.63. The van der Waals surface area contributed by atoms with Gasteiger partial charge >= 0.3 is 0 Å². The molecule has 0 aliphatic carbocycles. The van der Waals surface area contributed by atoms with Gasteiger partial charge in [0.15, 0.2) is 0 Å². The van der Waals surface area contributed by atoms with E-state index in [1.54, 1.807) is 0 Å². The second-order valence-electron chi connectivity index (χ2n) is 4.62. The van der Waals surface area contributed by atoms with Gasteiger partial charge < -0.3 is 5.32 Å². The van der Waals surface area contributed by atoms with Crippen LogP contribution in [0.1, 0.15) is 10.4 Å². The third-order valence-electron chi connectivity index (χ3n) is 3.50. The van der Waals surface area contributed by atoms with E-state index in [4.69, 9.17) is 0 Å². The van der Waals surface area contributed by atoms with Crippen molar-refractivity contribution in [3.63, 3.8) is 0 Å². The molecule has 1 aromatic carbocycles. The van der Waals surface area contributed by atoms with Crippen LogP contribution in [-0.4, -0.2) is 13.1 Å². The van der Waals surface area contributed by atoms with Crippen molar-refractivity contribution >= 4 is 27.3 Å². The molecule has 2 heterocycles. The van der Waals surface area contributed by atoms with Gasteiger partial charge in [-0.05, 0) is 39.4 Å². The van der Waals surface area contributed by atoms with E-state index < -0.39 is 0 Å². The molecule has 0 radical (unpaired) electrons. The highest BCUT2D eigenvalue weighted by atomic mass is 79.9. The zero-order valence-electron chi connectivity index (χ0n) is 9.45. The molecule has 17 heavy (non-hydrogen) atoms. The Morgan fingerprint density at radius 3 is 2.47 bits per heavy atom. The summed E-state index contributed by atoms with van der Waals surface area (Å²) in [5.74, 6) is 0. The summed E-state index contributed by atoms with van der Waals surface area (Å²) in [6.45, 7) is 2.17. The third-order valence-corrected chi connectivity index (χ3v) is 5.43.